The zero-order valence-electron chi connectivity index (χ0n) is 19.5. The Bertz CT molecular complexity index is 1190. The molecule has 2 aromatic heterocycles. The van der Waals surface area contributed by atoms with Gasteiger partial charge in [-0.1, -0.05) is 0 Å². The van der Waals surface area contributed by atoms with Crippen molar-refractivity contribution < 1.29 is 13.5 Å². The molecule has 0 aliphatic carbocycles. The molecular weight excluding hydrogens is 468 g/mol. The lowest BCUT2D eigenvalue weighted by atomic mass is 10.3. The summed E-state index contributed by atoms with van der Waals surface area (Å²) in [4.78, 5) is 6.79. The summed E-state index contributed by atoms with van der Waals surface area (Å²) in [6.07, 6.45) is 3.50. The van der Waals surface area contributed by atoms with Gasteiger partial charge in [0.1, 0.15) is 0 Å². The molecule has 1 N–H and O–H groups in total. The van der Waals surface area contributed by atoms with E-state index in [9.17, 15) is 8.42 Å². The molecule has 3 aromatic rings. The minimum atomic E-state index is -3.57. The second-order valence-electron chi connectivity index (χ2n) is 8.64. The predicted octanol–water partition coefficient (Wildman–Crippen LogP) is 0.288. The van der Waals surface area contributed by atoms with E-state index in [0.717, 1.165) is 43.5 Å². The molecule has 186 valence electrons. The van der Waals surface area contributed by atoms with E-state index in [-0.39, 0.29) is 11.5 Å². The summed E-state index contributed by atoms with van der Waals surface area (Å²) < 4.78 is 29.5. The maximum absolute atomic E-state index is 13.1. The van der Waals surface area contributed by atoms with E-state index >= 15 is 0 Å². The molecule has 2 aliphatic heterocycles. The van der Waals surface area contributed by atoms with Gasteiger partial charge in [0.25, 0.3) is 0 Å². The highest BCUT2D eigenvalue weighted by molar-refractivity contribution is 7.89. The fourth-order valence-corrected chi connectivity index (χ4v) is 5.92. The van der Waals surface area contributed by atoms with Crippen LogP contribution in [-0.4, -0.2) is 108 Å². The molecule has 2 saturated heterocycles. The van der Waals surface area contributed by atoms with Crippen molar-refractivity contribution in [2.24, 2.45) is 0 Å². The molecule has 0 saturated carbocycles. The molecule has 2 aliphatic rings. The second kappa shape index (κ2) is 10.3. The number of β-amino-alcohol motifs (C(OH)–C–C–N with tert-alkyl or cyclic N) is 1. The van der Waals surface area contributed by atoms with Gasteiger partial charge >= 0.3 is 0 Å². The minimum absolute atomic E-state index is 0.182. The summed E-state index contributed by atoms with van der Waals surface area (Å²) >= 11 is 0. The maximum atomic E-state index is 13.1. The van der Waals surface area contributed by atoms with Crippen LogP contribution in [0.4, 0.5) is 11.6 Å². The largest absolute Gasteiger partial charge is 0.395 e. The molecule has 1 aromatic carbocycles. The first-order valence-corrected chi connectivity index (χ1v) is 13.3. The summed E-state index contributed by atoms with van der Waals surface area (Å²) in [5.74, 6) is 1.60. The zero-order chi connectivity index (χ0) is 24.3. The van der Waals surface area contributed by atoms with E-state index in [0.29, 0.717) is 32.7 Å². The fourth-order valence-electron chi connectivity index (χ4n) is 4.50. The van der Waals surface area contributed by atoms with Gasteiger partial charge in [-0.05, 0) is 42.5 Å². The monoisotopic (exact) mass is 498 g/mol. The number of aliphatic hydroxyl groups is 1. The normalized spacial score (nSPS) is 18.2. The van der Waals surface area contributed by atoms with Crippen molar-refractivity contribution in [3.8, 4) is 5.69 Å². The summed E-state index contributed by atoms with van der Waals surface area (Å²) in [5.41, 5.74) is 0.813. The molecule has 5 rings (SSSR count). The minimum Gasteiger partial charge on any atom is -0.395 e. The van der Waals surface area contributed by atoms with Crippen molar-refractivity contribution in [1.29, 1.82) is 0 Å². The van der Waals surface area contributed by atoms with Gasteiger partial charge in [0.05, 0.1) is 17.2 Å². The van der Waals surface area contributed by atoms with Gasteiger partial charge in [0, 0.05) is 71.3 Å². The summed E-state index contributed by atoms with van der Waals surface area (Å²) in [5, 5.41) is 22.1. The van der Waals surface area contributed by atoms with Crippen molar-refractivity contribution >= 4 is 21.7 Å². The maximum Gasteiger partial charge on any atom is 0.243 e. The topological polar surface area (TPSA) is 111 Å². The van der Waals surface area contributed by atoms with Crippen LogP contribution in [0.15, 0.2) is 59.8 Å². The van der Waals surface area contributed by atoms with E-state index in [1.54, 1.807) is 35.1 Å². The van der Waals surface area contributed by atoms with Crippen LogP contribution in [0.5, 0.6) is 0 Å². The highest BCUT2D eigenvalue weighted by Gasteiger charge is 2.29. The first-order valence-electron chi connectivity index (χ1n) is 11.8. The van der Waals surface area contributed by atoms with Crippen molar-refractivity contribution in [1.82, 2.24) is 29.2 Å². The van der Waals surface area contributed by atoms with Crippen molar-refractivity contribution in [3.63, 3.8) is 0 Å². The van der Waals surface area contributed by atoms with Crippen molar-refractivity contribution in [3.05, 3.63) is 54.9 Å². The fraction of sp³-hybridized carbons (Fsp3) is 0.435. The van der Waals surface area contributed by atoms with Gasteiger partial charge < -0.3 is 14.9 Å². The van der Waals surface area contributed by atoms with E-state index in [1.165, 1.54) is 4.31 Å². The Labute approximate surface area is 205 Å². The number of benzene rings is 1. The Morgan fingerprint density at radius 2 is 1.40 bits per heavy atom. The number of piperazine rings is 2. The third kappa shape index (κ3) is 5.15. The van der Waals surface area contributed by atoms with Gasteiger partial charge in [-0.2, -0.15) is 9.40 Å². The average Bonchev–Trinajstić information content (AvgIpc) is 3.45. The Hall–Kier alpha value is -3.06. The van der Waals surface area contributed by atoms with E-state index in [4.69, 9.17) is 5.11 Å². The lowest BCUT2D eigenvalue weighted by Crippen LogP contribution is -2.49. The molecule has 12 heteroatoms. The molecule has 11 nitrogen and oxygen atoms in total. The van der Waals surface area contributed by atoms with Crippen LogP contribution >= 0.6 is 0 Å². The Morgan fingerprint density at radius 1 is 0.800 bits per heavy atom. The van der Waals surface area contributed by atoms with E-state index < -0.39 is 10.0 Å². The average molecular weight is 499 g/mol. The molecule has 2 fully saturated rings. The van der Waals surface area contributed by atoms with Crippen LogP contribution in [0.1, 0.15) is 0 Å². The number of aliphatic hydroxyl groups excluding tert-OH is 1. The quantitative estimate of drug-likeness (QED) is 0.491. The van der Waals surface area contributed by atoms with Crippen LogP contribution in [0.2, 0.25) is 0 Å². The molecule has 4 heterocycles. The predicted molar refractivity (Wildman–Crippen MR) is 132 cm³/mol. The van der Waals surface area contributed by atoms with Crippen LogP contribution in [0.25, 0.3) is 5.69 Å². The third-order valence-corrected chi connectivity index (χ3v) is 8.47. The van der Waals surface area contributed by atoms with Gasteiger partial charge in [-0.15, -0.1) is 10.2 Å². The third-order valence-electron chi connectivity index (χ3n) is 6.55. The van der Waals surface area contributed by atoms with Crippen molar-refractivity contribution in [2.75, 3.05) is 75.3 Å². The molecule has 0 unspecified atom stereocenters. The van der Waals surface area contributed by atoms with Crippen LogP contribution in [0.3, 0.4) is 0 Å². The van der Waals surface area contributed by atoms with Crippen LogP contribution in [-0.2, 0) is 10.0 Å². The Balaban J connectivity index is 1.17. The second-order valence-corrected chi connectivity index (χ2v) is 10.6. The number of hydrogen-bond acceptors (Lipinski definition) is 9. The smallest absolute Gasteiger partial charge is 0.243 e. The first-order chi connectivity index (χ1) is 17.0. The summed E-state index contributed by atoms with van der Waals surface area (Å²) in [7, 11) is -3.57. The zero-order valence-corrected chi connectivity index (χ0v) is 20.3. The summed E-state index contributed by atoms with van der Waals surface area (Å²) in [6.45, 7) is 6.27. The molecular formula is C23H30N8O3S. The molecule has 0 radical (unpaired) electrons. The van der Waals surface area contributed by atoms with Crippen LogP contribution in [0, 0.1) is 0 Å². The SMILES string of the molecule is O=S(=O)(c1ccc(-n2cccn2)cc1)N1CCN(c2ccc(N3CCN(CCO)CC3)nn2)CC1. The number of aromatic nitrogens is 4. The number of hydrogen-bond donors (Lipinski definition) is 1. The van der Waals surface area contributed by atoms with E-state index in [2.05, 4.69) is 30.0 Å². The molecule has 0 bridgehead atoms. The van der Waals surface area contributed by atoms with E-state index in [1.807, 2.05) is 24.4 Å². The van der Waals surface area contributed by atoms with Crippen molar-refractivity contribution in [2.45, 2.75) is 4.90 Å². The van der Waals surface area contributed by atoms with Gasteiger partial charge in [-0.25, -0.2) is 13.1 Å². The van der Waals surface area contributed by atoms with Gasteiger partial charge in [-0.3, -0.25) is 4.90 Å². The highest BCUT2D eigenvalue weighted by Crippen LogP contribution is 2.22. The number of sulfonamides is 1. The molecule has 35 heavy (non-hydrogen) atoms. The van der Waals surface area contributed by atoms with Gasteiger partial charge in [0.2, 0.25) is 10.0 Å². The number of nitrogens with zero attached hydrogens (tertiary/aromatic N) is 8. The molecule has 0 atom stereocenters. The lowest BCUT2D eigenvalue weighted by Gasteiger charge is -2.36. The molecule has 0 amide bonds. The number of anilines is 2. The van der Waals surface area contributed by atoms with Crippen LogP contribution < -0.4 is 9.80 Å². The first kappa shape index (κ1) is 23.7. The Morgan fingerprint density at radius 3 is 1.91 bits per heavy atom. The Kier molecular flexibility index (Phi) is 6.95. The summed E-state index contributed by atoms with van der Waals surface area (Å²) in [6, 6.07) is 12.6. The highest BCUT2D eigenvalue weighted by atomic mass is 32.2. The lowest BCUT2D eigenvalue weighted by molar-refractivity contribution is 0.188. The van der Waals surface area contributed by atoms with Gasteiger partial charge in [0.15, 0.2) is 11.6 Å². The molecule has 0 spiro atoms. The number of rotatable bonds is 7. The standard InChI is InChI=1S/C23H30N8O3S/c32-19-18-27-10-12-28(13-11-27)22-6-7-23(26-25-22)29-14-16-30(17-15-29)35(33,34)21-4-2-20(3-5-21)31-9-1-8-24-31/h1-9,32H,10-19H2.